The highest BCUT2D eigenvalue weighted by atomic mass is 19.3. The minimum Gasteiger partial charge on any atom is -0.452 e. The van der Waals surface area contributed by atoms with Gasteiger partial charge in [0, 0.05) is 32.6 Å². The highest BCUT2D eigenvalue weighted by Crippen LogP contribution is 2.34. The molecule has 1 aliphatic heterocycles. The molecule has 0 bridgehead atoms. The van der Waals surface area contributed by atoms with Crippen molar-refractivity contribution in [3.8, 4) is 5.75 Å². The molecule has 0 saturated carbocycles. The second kappa shape index (κ2) is 8.73. The summed E-state index contributed by atoms with van der Waals surface area (Å²) in [7, 11) is 1.58. The molecule has 0 saturated heterocycles. The molecular formula is C24H26F2N4O3. The monoisotopic (exact) mass is 456 g/mol. The topological polar surface area (TPSA) is 68.5 Å². The molecule has 1 unspecified atom stereocenters. The molecule has 1 aromatic heterocycles. The van der Waals surface area contributed by atoms with Crippen LogP contribution in [0.5, 0.6) is 5.75 Å². The quantitative estimate of drug-likeness (QED) is 0.585. The van der Waals surface area contributed by atoms with E-state index >= 15 is 0 Å². The number of aromatic nitrogens is 2. The molecule has 2 aromatic carbocycles. The van der Waals surface area contributed by atoms with Crippen LogP contribution in [-0.4, -0.2) is 15.5 Å². The lowest BCUT2D eigenvalue weighted by atomic mass is 10.1. The minimum absolute atomic E-state index is 0.178. The van der Waals surface area contributed by atoms with Crippen molar-refractivity contribution < 1.29 is 13.5 Å². The van der Waals surface area contributed by atoms with Gasteiger partial charge in [0.15, 0.2) is 0 Å². The van der Waals surface area contributed by atoms with Crippen molar-refractivity contribution >= 4 is 11.5 Å². The smallest absolute Gasteiger partial charge is 0.332 e. The maximum absolute atomic E-state index is 13.8. The molecule has 1 N–H and O–H groups in total. The summed E-state index contributed by atoms with van der Waals surface area (Å²) in [5, 5.41) is 3.10. The molecular weight excluding hydrogens is 430 g/mol. The van der Waals surface area contributed by atoms with Crippen LogP contribution in [0.25, 0.3) is 0 Å². The van der Waals surface area contributed by atoms with E-state index in [1.54, 1.807) is 18.0 Å². The number of anilines is 2. The largest absolute Gasteiger partial charge is 0.452 e. The predicted octanol–water partition coefficient (Wildman–Crippen LogP) is 3.86. The Balaban J connectivity index is 1.78. The van der Waals surface area contributed by atoms with E-state index < -0.39 is 23.5 Å². The van der Waals surface area contributed by atoms with Crippen LogP contribution in [0.4, 0.5) is 20.3 Å². The Hall–Kier alpha value is -3.62. The van der Waals surface area contributed by atoms with Crippen molar-refractivity contribution in [3.05, 3.63) is 86.6 Å². The molecule has 0 fully saturated rings. The van der Waals surface area contributed by atoms with Crippen LogP contribution in [0.3, 0.4) is 0 Å². The van der Waals surface area contributed by atoms with Gasteiger partial charge in [0.25, 0.3) is 17.8 Å². The number of hydrogen-bond donors (Lipinski definition) is 1. The average molecular weight is 456 g/mol. The zero-order valence-corrected chi connectivity index (χ0v) is 18.7. The number of alkyl halides is 2. The molecule has 4 rings (SSSR count). The molecule has 0 amide bonds. The molecule has 33 heavy (non-hydrogen) atoms. The average Bonchev–Trinajstić information content (AvgIpc) is 3.13. The van der Waals surface area contributed by atoms with Gasteiger partial charge in [-0.15, -0.1) is 0 Å². The Bertz CT molecular complexity index is 1270. The number of hydrogen-bond acceptors (Lipinski definition) is 5. The van der Waals surface area contributed by atoms with Gasteiger partial charge in [0.2, 0.25) is 0 Å². The first-order valence-corrected chi connectivity index (χ1v) is 10.8. The molecule has 2 heterocycles. The van der Waals surface area contributed by atoms with E-state index in [1.165, 1.54) is 27.3 Å². The third-order valence-corrected chi connectivity index (χ3v) is 5.59. The van der Waals surface area contributed by atoms with Crippen LogP contribution in [0, 0.1) is 0 Å². The lowest BCUT2D eigenvalue weighted by Gasteiger charge is -2.27. The molecule has 1 atom stereocenters. The van der Waals surface area contributed by atoms with E-state index in [-0.39, 0.29) is 17.9 Å². The second-order valence-electron chi connectivity index (χ2n) is 8.14. The summed E-state index contributed by atoms with van der Waals surface area (Å²) in [6, 6.07) is 15.2. The van der Waals surface area contributed by atoms with Crippen LogP contribution in [0.2, 0.25) is 0 Å². The first-order valence-electron chi connectivity index (χ1n) is 10.8. The Morgan fingerprint density at radius 2 is 1.82 bits per heavy atom. The van der Waals surface area contributed by atoms with Gasteiger partial charge in [-0.05, 0) is 24.1 Å². The Morgan fingerprint density at radius 3 is 2.48 bits per heavy atom. The third-order valence-electron chi connectivity index (χ3n) is 5.59. The highest BCUT2D eigenvalue weighted by molar-refractivity contribution is 5.71. The maximum Gasteiger partial charge on any atom is 0.332 e. The first-order chi connectivity index (χ1) is 15.7. The number of nitrogens with one attached hydrogen (secondary N) is 1. The van der Waals surface area contributed by atoms with Gasteiger partial charge in [0.1, 0.15) is 17.3 Å². The van der Waals surface area contributed by atoms with E-state index in [1.807, 2.05) is 37.3 Å². The molecule has 9 heteroatoms. The van der Waals surface area contributed by atoms with Gasteiger partial charge in [-0.2, -0.15) is 0 Å². The van der Waals surface area contributed by atoms with Crippen molar-refractivity contribution in [1.82, 2.24) is 9.13 Å². The lowest BCUT2D eigenvalue weighted by molar-refractivity contribution is 0.0171. The van der Waals surface area contributed by atoms with Crippen LogP contribution < -0.4 is 26.2 Å². The van der Waals surface area contributed by atoms with Crippen molar-refractivity contribution in [1.29, 1.82) is 0 Å². The Morgan fingerprint density at radius 1 is 1.09 bits per heavy atom. The van der Waals surface area contributed by atoms with Crippen LogP contribution >= 0.6 is 0 Å². The summed E-state index contributed by atoms with van der Waals surface area (Å²) in [5.41, 5.74) is 0.198. The molecule has 0 aliphatic carbocycles. The standard InChI is InChI=1S/C24H26F2N4O3/c1-4-13-29-21(31)19-20(28(3)23(29)32)27-22(30(19)15-16-9-6-5-7-10-16)33-18-12-8-11-17(14-18)24(2,25)26/h5-12,14,22,27H,4,13,15H2,1-3H3. The Kier molecular flexibility index (Phi) is 5.97. The second-order valence-corrected chi connectivity index (χ2v) is 8.14. The normalized spacial score (nSPS) is 15.3. The molecule has 0 radical (unpaired) electrons. The number of halogens is 2. The molecule has 1 aliphatic rings. The van der Waals surface area contributed by atoms with Crippen LogP contribution in [0.1, 0.15) is 31.4 Å². The molecule has 174 valence electrons. The van der Waals surface area contributed by atoms with Crippen molar-refractivity contribution in [2.75, 3.05) is 10.2 Å². The predicted molar refractivity (Wildman–Crippen MR) is 123 cm³/mol. The van der Waals surface area contributed by atoms with E-state index in [4.69, 9.17) is 4.74 Å². The maximum atomic E-state index is 13.8. The molecule has 7 nitrogen and oxygen atoms in total. The Labute approximate surface area is 189 Å². The van der Waals surface area contributed by atoms with E-state index in [2.05, 4.69) is 5.32 Å². The van der Waals surface area contributed by atoms with Crippen molar-refractivity contribution in [2.24, 2.45) is 7.05 Å². The van der Waals surface area contributed by atoms with Gasteiger partial charge in [-0.25, -0.2) is 13.6 Å². The van der Waals surface area contributed by atoms with Gasteiger partial charge in [0.05, 0.1) is 0 Å². The summed E-state index contributed by atoms with van der Waals surface area (Å²) < 4.78 is 36.3. The summed E-state index contributed by atoms with van der Waals surface area (Å²) in [6.07, 6.45) is -0.255. The zero-order chi connectivity index (χ0) is 23.8. The van der Waals surface area contributed by atoms with Crippen LogP contribution in [-0.2, 0) is 26.1 Å². The number of fused-ring (bicyclic) bond motifs is 1. The third kappa shape index (κ3) is 4.35. The zero-order valence-electron chi connectivity index (χ0n) is 18.7. The summed E-state index contributed by atoms with van der Waals surface area (Å²) in [4.78, 5) is 27.8. The fourth-order valence-electron chi connectivity index (χ4n) is 3.92. The molecule has 3 aromatic rings. The number of benzene rings is 2. The fourth-order valence-corrected chi connectivity index (χ4v) is 3.92. The number of rotatable bonds is 7. The summed E-state index contributed by atoms with van der Waals surface area (Å²) >= 11 is 0. The first kappa shape index (κ1) is 22.6. The van der Waals surface area contributed by atoms with Crippen molar-refractivity contribution in [3.63, 3.8) is 0 Å². The van der Waals surface area contributed by atoms with E-state index in [9.17, 15) is 18.4 Å². The SMILES string of the molecule is CCCn1c(=O)c2c(n(C)c1=O)NC(Oc1cccc(C(C)(F)F)c1)N2Cc1ccccc1. The van der Waals surface area contributed by atoms with Gasteiger partial charge < -0.3 is 15.0 Å². The van der Waals surface area contributed by atoms with Gasteiger partial charge in [-0.1, -0.05) is 49.4 Å². The summed E-state index contributed by atoms with van der Waals surface area (Å²) in [5.74, 6) is -2.47. The molecule has 0 spiro atoms. The minimum atomic E-state index is -3.02. The van der Waals surface area contributed by atoms with Gasteiger partial charge in [-0.3, -0.25) is 13.9 Å². The van der Waals surface area contributed by atoms with E-state index in [0.717, 1.165) is 12.5 Å². The summed E-state index contributed by atoms with van der Waals surface area (Å²) in [6.45, 7) is 3.32. The lowest BCUT2D eigenvalue weighted by Crippen LogP contribution is -2.43. The highest BCUT2D eigenvalue weighted by Gasteiger charge is 2.36. The van der Waals surface area contributed by atoms with Gasteiger partial charge >= 0.3 is 5.69 Å². The van der Waals surface area contributed by atoms with Crippen LogP contribution in [0.15, 0.2) is 64.2 Å². The van der Waals surface area contributed by atoms with Crippen molar-refractivity contribution in [2.45, 2.75) is 45.6 Å². The van der Waals surface area contributed by atoms with E-state index in [0.29, 0.717) is 24.5 Å². The number of ether oxygens (including phenoxy) is 1. The fraction of sp³-hybridized carbons (Fsp3) is 0.333. The number of nitrogens with zero attached hydrogens (tertiary/aromatic N) is 3.